The summed E-state index contributed by atoms with van der Waals surface area (Å²) >= 11 is 0. The lowest BCUT2D eigenvalue weighted by molar-refractivity contribution is -0.140. The summed E-state index contributed by atoms with van der Waals surface area (Å²) in [5.41, 5.74) is -0.127. The number of carboxylic acids is 1. The molecule has 1 spiro atoms. The molecule has 25 nitrogen and oxygen atoms in total. The number of carboxylic acid groups (broad SMARTS) is 1. The summed E-state index contributed by atoms with van der Waals surface area (Å²) in [6.45, 7) is 9.24. The smallest absolute Gasteiger partial charge is 0.410 e. The Morgan fingerprint density at radius 1 is 0.717 bits per heavy atom. The van der Waals surface area contributed by atoms with Crippen LogP contribution in [0.2, 0.25) is 0 Å². The number of nitrogens with one attached hydrogen (secondary N) is 7. The van der Waals surface area contributed by atoms with E-state index < -0.39 is 115 Å². The summed E-state index contributed by atoms with van der Waals surface area (Å²) in [6.07, 6.45) is 11.0. The summed E-state index contributed by atoms with van der Waals surface area (Å²) in [5.74, 6) is -5.88. The molecule has 532 valence electrons. The van der Waals surface area contributed by atoms with Crippen LogP contribution >= 0.6 is 0 Å². The van der Waals surface area contributed by atoms with Crippen LogP contribution in [0.3, 0.4) is 0 Å². The van der Waals surface area contributed by atoms with Gasteiger partial charge in [-0.2, -0.15) is 0 Å². The van der Waals surface area contributed by atoms with Gasteiger partial charge in [0.05, 0.1) is 37.1 Å². The third-order valence-electron chi connectivity index (χ3n) is 19.4. The Hall–Kier alpha value is -8.96. The summed E-state index contributed by atoms with van der Waals surface area (Å²) in [5, 5.41) is 23.5. The number of hydrogen-bond acceptors (Lipinski definition) is 17. The van der Waals surface area contributed by atoms with Gasteiger partial charge in [-0.25, -0.2) is 44.6 Å². The number of benzene rings is 4. The Bertz CT molecular complexity index is 3980. The molecule has 4 aromatic rings. The van der Waals surface area contributed by atoms with Gasteiger partial charge in [0.2, 0.25) is 17.7 Å². The van der Waals surface area contributed by atoms with Crippen LogP contribution in [0.5, 0.6) is 0 Å². The number of nitrogens with zero attached hydrogens (tertiary/aromatic N) is 3. The molecule has 2 aliphatic carbocycles. The number of amides is 7. The number of para-hydroxylation sites is 2. The van der Waals surface area contributed by atoms with Crippen LogP contribution in [-0.2, 0) is 84.5 Å². The fraction of sp³-hybridized carbons (Fsp3) is 0.486. The lowest BCUT2D eigenvalue weighted by Gasteiger charge is -2.26. The molecule has 4 fully saturated rings. The molecular formula is C70H86F2N10O15S2. The number of carbonyl (C=O) groups is 8. The first-order valence-corrected chi connectivity index (χ1v) is 36.8. The number of unbranched alkanes of at least 4 members (excludes halogenated alkanes) is 5. The van der Waals surface area contributed by atoms with Crippen molar-refractivity contribution in [2.45, 2.75) is 187 Å². The molecule has 0 unspecified atom stereocenters. The number of carbonyl (C=O) groups excluding carboxylic acids is 7. The van der Waals surface area contributed by atoms with E-state index in [0.29, 0.717) is 59.6 Å². The third kappa shape index (κ3) is 17.6. The van der Waals surface area contributed by atoms with E-state index in [0.717, 1.165) is 64.2 Å². The maximum atomic E-state index is 14.3. The third-order valence-corrected chi connectivity index (χ3v) is 22.1. The topological polar surface area (TPSA) is 337 Å². The SMILES string of the molecule is C=C[C@@H]1C[C@@]12NC(=O)[C@@H]1C[C@@H](OC(=O)N3Cc4cccc(F)c4C3)CN1C(=O)CCCCCCCCNc1ccccc1S(=O)(=O)NC2=O.C=C[C@@H]1C[C@]1(NC(=O)[C@@H]1C[C@@H](OC(=O)N2Cc3cccc(F)c3C2)CN1)C(=O)NS(=O)(=O)c1ccccc1NCCCCCCCCC(=O)O. The number of aliphatic carboxylic acids is 1. The number of halogens is 2. The molecule has 11 rings (SSSR count). The summed E-state index contributed by atoms with van der Waals surface area (Å²) in [4.78, 5) is 109. The van der Waals surface area contributed by atoms with E-state index in [2.05, 4.69) is 49.2 Å². The van der Waals surface area contributed by atoms with E-state index in [4.69, 9.17) is 14.6 Å². The van der Waals surface area contributed by atoms with Crippen molar-refractivity contribution < 1.29 is 78.6 Å². The standard InChI is InChI=1S/C35H44FN5O8S.C35H42FN5O7S/c1-2-24-19-35(24,39-32(44)29-18-25(20-38-29)49-34(46)41-21-23-12-11-13-27(36)26(23)22-41)33(45)40-50(47,48)30-15-9-8-14-28(30)37-17-10-6-4-3-5-7-16-31(42)43;1-2-24-19-35(24)33(44)39-49(46,47)30-15-9-8-14-28(30)37-17-10-6-4-3-5-7-16-31(42)41-21-25(18-29(41)32(43)38-35)48-34(45)40-20-23-12-11-13-27(36)26(23)22-40/h2,8-9,11-15,24-25,29,37-38H,1,3-7,10,16-22H2,(H,39,44)(H,40,45)(H,42,43);2,8-9,11-15,24-25,29,37H,1,3-7,10,16-22H2,(H,38,43)(H,39,44)/t2*24-,25-,29+,35-/m11/s1. The monoisotopic (exact) mass is 1410 g/mol. The second-order valence-corrected chi connectivity index (χ2v) is 29.6. The zero-order chi connectivity index (χ0) is 70.7. The molecule has 0 aromatic heterocycles. The van der Waals surface area contributed by atoms with Crippen molar-refractivity contribution in [3.63, 3.8) is 0 Å². The molecule has 8 N–H and O–H groups in total. The Morgan fingerprint density at radius 2 is 1.33 bits per heavy atom. The maximum Gasteiger partial charge on any atom is 0.410 e. The normalized spacial score (nSPS) is 24.9. The molecule has 5 heterocycles. The van der Waals surface area contributed by atoms with E-state index in [1.54, 1.807) is 60.7 Å². The van der Waals surface area contributed by atoms with Crippen molar-refractivity contribution in [1.29, 1.82) is 0 Å². The van der Waals surface area contributed by atoms with Gasteiger partial charge in [-0.3, -0.25) is 38.6 Å². The minimum Gasteiger partial charge on any atom is -0.481 e. The average Bonchev–Trinajstić information content (AvgIpc) is 1.58. The molecule has 0 radical (unpaired) electrons. The Morgan fingerprint density at radius 3 is 1.98 bits per heavy atom. The highest BCUT2D eigenvalue weighted by Gasteiger charge is 2.63. The molecular weight excluding hydrogens is 1320 g/mol. The minimum absolute atomic E-state index is 0.0216. The largest absolute Gasteiger partial charge is 0.481 e. The molecule has 2 saturated heterocycles. The van der Waals surface area contributed by atoms with Crippen molar-refractivity contribution in [2.75, 3.05) is 36.8 Å². The predicted molar refractivity (Wildman–Crippen MR) is 360 cm³/mol. The number of ether oxygens (including phenoxy) is 2. The van der Waals surface area contributed by atoms with Crippen LogP contribution in [0.15, 0.2) is 120 Å². The van der Waals surface area contributed by atoms with Crippen LogP contribution < -0.4 is 36.0 Å². The summed E-state index contributed by atoms with van der Waals surface area (Å²) in [6, 6.07) is 20.1. The van der Waals surface area contributed by atoms with Crippen LogP contribution in [0.25, 0.3) is 0 Å². The van der Waals surface area contributed by atoms with E-state index in [-0.39, 0.29) is 99.3 Å². The molecule has 7 amide bonds. The molecule has 0 bridgehead atoms. The van der Waals surface area contributed by atoms with Crippen molar-refractivity contribution in [3.05, 3.63) is 144 Å². The van der Waals surface area contributed by atoms with Crippen molar-refractivity contribution in [2.24, 2.45) is 11.8 Å². The Balaban J connectivity index is 0.000000214. The summed E-state index contributed by atoms with van der Waals surface area (Å²) in [7, 11) is -8.67. The zero-order valence-corrected chi connectivity index (χ0v) is 56.7. The van der Waals surface area contributed by atoms with Gasteiger partial charge in [0.15, 0.2) is 0 Å². The molecule has 99 heavy (non-hydrogen) atoms. The zero-order valence-electron chi connectivity index (χ0n) is 55.1. The Kier molecular flexibility index (Phi) is 23.5. The highest BCUT2D eigenvalue weighted by molar-refractivity contribution is 7.90. The lowest BCUT2D eigenvalue weighted by Crippen LogP contribution is -2.56. The van der Waals surface area contributed by atoms with E-state index in [9.17, 15) is 64.0 Å². The van der Waals surface area contributed by atoms with Gasteiger partial charge >= 0.3 is 18.2 Å². The van der Waals surface area contributed by atoms with Gasteiger partial charge in [0, 0.05) is 81.4 Å². The fourth-order valence-electron chi connectivity index (χ4n) is 13.6. The predicted octanol–water partition coefficient (Wildman–Crippen LogP) is 7.77. The minimum atomic E-state index is -4.34. The first-order chi connectivity index (χ1) is 47.4. The van der Waals surface area contributed by atoms with Crippen molar-refractivity contribution in [1.82, 2.24) is 40.1 Å². The quantitative estimate of drug-likeness (QED) is 0.0328. The second kappa shape index (κ2) is 31.9. The average molecular weight is 1410 g/mol. The molecule has 2 saturated carbocycles. The number of fused-ring (bicyclic) bond motifs is 4. The lowest BCUT2D eigenvalue weighted by atomic mass is 10.1. The molecule has 4 aromatic carbocycles. The van der Waals surface area contributed by atoms with E-state index in [1.807, 2.05) is 0 Å². The first kappa shape index (κ1) is 72.8. The highest BCUT2D eigenvalue weighted by atomic mass is 32.2. The van der Waals surface area contributed by atoms with Gasteiger partial charge < -0.3 is 46.1 Å². The van der Waals surface area contributed by atoms with Crippen molar-refractivity contribution >= 4 is 79.1 Å². The number of hydrogen-bond donors (Lipinski definition) is 8. The van der Waals surface area contributed by atoms with Gasteiger partial charge in [0.25, 0.3) is 31.9 Å². The van der Waals surface area contributed by atoms with Crippen LogP contribution in [0, 0.1) is 23.5 Å². The molecule has 5 aliphatic heterocycles. The van der Waals surface area contributed by atoms with Gasteiger partial charge in [-0.05, 0) is 86.1 Å². The number of anilines is 2. The molecule has 7 aliphatic rings. The second-order valence-electron chi connectivity index (χ2n) is 26.3. The fourth-order valence-corrected chi connectivity index (χ4v) is 16.0. The van der Waals surface area contributed by atoms with Crippen LogP contribution in [-0.4, -0.2) is 146 Å². The number of sulfonamides is 2. The first-order valence-electron chi connectivity index (χ1n) is 33.8. The number of rotatable bonds is 19. The Labute approximate surface area is 574 Å². The van der Waals surface area contributed by atoms with Gasteiger partial charge in [0.1, 0.15) is 50.8 Å². The highest BCUT2D eigenvalue weighted by Crippen LogP contribution is 2.47. The van der Waals surface area contributed by atoms with Crippen LogP contribution in [0.4, 0.5) is 29.7 Å². The van der Waals surface area contributed by atoms with Crippen molar-refractivity contribution in [3.8, 4) is 0 Å². The molecule has 8 atom stereocenters. The van der Waals surface area contributed by atoms with E-state index >= 15 is 0 Å². The van der Waals surface area contributed by atoms with Crippen LogP contribution in [0.1, 0.15) is 138 Å². The van der Waals surface area contributed by atoms with Gasteiger partial charge in [-0.15, -0.1) is 13.2 Å². The maximum absolute atomic E-state index is 14.3. The van der Waals surface area contributed by atoms with Gasteiger partial charge in [-0.1, -0.05) is 112 Å². The molecule has 29 heteroatoms. The summed E-state index contributed by atoms with van der Waals surface area (Å²) < 4.78 is 98.1. The van der Waals surface area contributed by atoms with E-state index in [1.165, 1.54) is 51.1 Å².